The molecule has 0 fully saturated rings. The predicted octanol–water partition coefficient (Wildman–Crippen LogP) is 5.63. The van der Waals surface area contributed by atoms with Crippen LogP contribution in [0.2, 0.25) is 0 Å². The molecule has 0 aliphatic carbocycles. The summed E-state index contributed by atoms with van der Waals surface area (Å²) in [5.74, 6) is -0.571. The van der Waals surface area contributed by atoms with Gasteiger partial charge in [0.25, 0.3) is 5.91 Å². The number of nitrogens with zero attached hydrogens (tertiary/aromatic N) is 1. The zero-order valence-corrected chi connectivity index (χ0v) is 22.4. The lowest BCUT2D eigenvalue weighted by Crippen LogP contribution is -2.34. The van der Waals surface area contributed by atoms with Crippen LogP contribution in [0.5, 0.6) is 5.75 Å². The maximum absolute atomic E-state index is 13.0. The number of para-hydroxylation sites is 1. The minimum Gasteiger partial charge on any atom is -0.492 e. The van der Waals surface area contributed by atoms with Crippen LogP contribution in [0.4, 0.5) is 5.69 Å². The maximum atomic E-state index is 13.0. The summed E-state index contributed by atoms with van der Waals surface area (Å²) in [6.07, 6.45) is 0.211. The average molecular weight is 543 g/mol. The van der Waals surface area contributed by atoms with Crippen molar-refractivity contribution in [2.24, 2.45) is 0 Å². The summed E-state index contributed by atoms with van der Waals surface area (Å²) in [6, 6.07) is 25.8. The van der Waals surface area contributed by atoms with Gasteiger partial charge in [-0.15, -0.1) is 11.3 Å². The highest BCUT2D eigenvalue weighted by molar-refractivity contribution is 7.12. The van der Waals surface area contributed by atoms with Gasteiger partial charge in [0.1, 0.15) is 18.4 Å². The van der Waals surface area contributed by atoms with Crippen molar-refractivity contribution in [3.05, 3.63) is 118 Å². The number of rotatable bonds is 13. The Hall–Kier alpha value is -4.43. The third kappa shape index (κ3) is 7.33. The van der Waals surface area contributed by atoms with Crippen molar-refractivity contribution in [2.45, 2.75) is 19.4 Å². The van der Waals surface area contributed by atoms with Crippen LogP contribution >= 0.6 is 11.3 Å². The summed E-state index contributed by atoms with van der Waals surface area (Å²) in [4.78, 5) is 40.1. The molecule has 39 heavy (non-hydrogen) atoms. The number of carboxylic acids is 1. The van der Waals surface area contributed by atoms with Crippen molar-refractivity contribution < 1.29 is 24.2 Å². The molecule has 4 aromatic rings. The molecule has 200 valence electrons. The fourth-order valence-electron chi connectivity index (χ4n) is 4.13. The minimum absolute atomic E-state index is 0.00861. The number of carbonyl (C=O) groups excluding carboxylic acids is 2. The van der Waals surface area contributed by atoms with Crippen molar-refractivity contribution in [2.75, 3.05) is 25.0 Å². The van der Waals surface area contributed by atoms with Gasteiger partial charge in [-0.05, 0) is 48.2 Å². The molecule has 7 nitrogen and oxygen atoms in total. The highest BCUT2D eigenvalue weighted by Gasteiger charge is 2.21. The van der Waals surface area contributed by atoms with Gasteiger partial charge in [0.2, 0.25) is 0 Å². The zero-order valence-electron chi connectivity index (χ0n) is 21.6. The maximum Gasteiger partial charge on any atom is 0.326 e. The molecule has 3 aromatic carbocycles. The van der Waals surface area contributed by atoms with Gasteiger partial charge in [-0.2, -0.15) is 0 Å². The van der Waals surface area contributed by atoms with Crippen LogP contribution in [0, 0.1) is 0 Å². The highest BCUT2D eigenvalue weighted by atomic mass is 32.1. The Morgan fingerprint density at radius 3 is 2.31 bits per heavy atom. The van der Waals surface area contributed by atoms with E-state index in [2.05, 4.69) is 5.32 Å². The molecule has 4 rings (SSSR count). The van der Waals surface area contributed by atoms with E-state index in [-0.39, 0.29) is 18.1 Å². The molecule has 1 aromatic heterocycles. The first kappa shape index (κ1) is 27.6. The molecule has 1 atom stereocenters. The number of thiophene rings is 1. The number of ketones is 1. The van der Waals surface area contributed by atoms with Gasteiger partial charge < -0.3 is 20.1 Å². The second kappa shape index (κ2) is 13.4. The predicted molar refractivity (Wildman–Crippen MR) is 153 cm³/mol. The first-order valence-corrected chi connectivity index (χ1v) is 13.6. The lowest BCUT2D eigenvalue weighted by atomic mass is 10.00. The van der Waals surface area contributed by atoms with E-state index in [1.807, 2.05) is 42.6 Å². The van der Waals surface area contributed by atoms with Crippen molar-refractivity contribution in [3.63, 3.8) is 0 Å². The third-order valence-electron chi connectivity index (χ3n) is 6.23. The van der Waals surface area contributed by atoms with Gasteiger partial charge in [0.05, 0.1) is 11.4 Å². The normalized spacial score (nSPS) is 11.4. The summed E-state index contributed by atoms with van der Waals surface area (Å²) >= 11 is 1.42. The van der Waals surface area contributed by atoms with E-state index in [1.165, 1.54) is 11.3 Å². The Balaban J connectivity index is 1.36. The van der Waals surface area contributed by atoms with Gasteiger partial charge in [-0.1, -0.05) is 60.7 Å². The molecule has 0 saturated carbocycles. The molecule has 0 aliphatic rings. The van der Waals surface area contributed by atoms with Crippen molar-refractivity contribution in [1.29, 1.82) is 0 Å². The third-order valence-corrected chi connectivity index (χ3v) is 7.09. The number of hydrogen-bond donors (Lipinski definition) is 2. The Bertz CT molecular complexity index is 1390. The first-order chi connectivity index (χ1) is 19.0. The number of carboxylic acid groups (broad SMARTS) is 1. The second-order valence-corrected chi connectivity index (χ2v) is 9.78. The Kier molecular flexibility index (Phi) is 9.48. The molecule has 8 heteroatoms. The number of anilines is 1. The SMILES string of the molecule is CCN(CCOc1ccc(CC(Nc2ccccc2C(=O)c2ccccc2)C(=O)O)cc1)C(=O)c1cccs1. The molecular formula is C31H30N2O5S. The van der Waals surface area contributed by atoms with E-state index in [9.17, 15) is 19.5 Å². The fraction of sp³-hybridized carbons (Fsp3) is 0.194. The number of carbonyl (C=O) groups is 3. The molecule has 0 radical (unpaired) electrons. The molecule has 0 saturated heterocycles. The van der Waals surface area contributed by atoms with Crippen molar-refractivity contribution in [3.8, 4) is 5.75 Å². The molecule has 1 unspecified atom stereocenters. The largest absolute Gasteiger partial charge is 0.492 e. The van der Waals surface area contributed by atoms with Crippen LogP contribution < -0.4 is 10.1 Å². The van der Waals surface area contributed by atoms with Crippen LogP contribution in [0.3, 0.4) is 0 Å². The molecular weight excluding hydrogens is 512 g/mol. The fourth-order valence-corrected chi connectivity index (χ4v) is 4.82. The second-order valence-electron chi connectivity index (χ2n) is 8.83. The van der Waals surface area contributed by atoms with E-state index >= 15 is 0 Å². The quantitative estimate of drug-likeness (QED) is 0.213. The van der Waals surface area contributed by atoms with Gasteiger partial charge >= 0.3 is 5.97 Å². The van der Waals surface area contributed by atoms with Gasteiger partial charge in [0.15, 0.2) is 5.78 Å². The van der Waals surface area contributed by atoms with Crippen LogP contribution in [-0.2, 0) is 11.2 Å². The van der Waals surface area contributed by atoms with Crippen molar-refractivity contribution >= 4 is 34.7 Å². The summed E-state index contributed by atoms with van der Waals surface area (Å²) in [7, 11) is 0. The first-order valence-electron chi connectivity index (χ1n) is 12.7. The van der Waals surface area contributed by atoms with E-state index in [0.717, 1.165) is 5.56 Å². The van der Waals surface area contributed by atoms with Gasteiger partial charge in [-0.3, -0.25) is 9.59 Å². The number of amides is 1. The minimum atomic E-state index is -1.02. The smallest absolute Gasteiger partial charge is 0.326 e. The van der Waals surface area contributed by atoms with Crippen molar-refractivity contribution in [1.82, 2.24) is 4.90 Å². The van der Waals surface area contributed by atoms with Crippen LogP contribution in [0.1, 0.15) is 38.1 Å². The van der Waals surface area contributed by atoms with Gasteiger partial charge in [0, 0.05) is 29.8 Å². The van der Waals surface area contributed by atoms with Crippen LogP contribution in [0.15, 0.2) is 96.4 Å². The van der Waals surface area contributed by atoms with E-state index in [1.54, 1.807) is 65.6 Å². The number of ether oxygens (including phenoxy) is 1. The van der Waals surface area contributed by atoms with E-state index in [0.29, 0.717) is 47.1 Å². The van der Waals surface area contributed by atoms with Gasteiger partial charge in [-0.25, -0.2) is 4.79 Å². The van der Waals surface area contributed by atoms with E-state index in [4.69, 9.17) is 4.74 Å². The Morgan fingerprint density at radius 1 is 0.923 bits per heavy atom. The monoisotopic (exact) mass is 542 g/mol. The summed E-state index contributed by atoms with van der Waals surface area (Å²) < 4.78 is 5.83. The number of hydrogen-bond acceptors (Lipinski definition) is 6. The molecule has 1 heterocycles. The Labute approximate surface area is 231 Å². The number of benzene rings is 3. The molecule has 2 N–H and O–H groups in total. The topological polar surface area (TPSA) is 95.9 Å². The number of likely N-dealkylation sites (N-methyl/N-ethyl adjacent to an activating group) is 1. The zero-order chi connectivity index (χ0) is 27.6. The average Bonchev–Trinajstić information content (AvgIpc) is 3.51. The Morgan fingerprint density at radius 2 is 1.64 bits per heavy atom. The number of nitrogens with one attached hydrogen (secondary N) is 1. The standard InChI is InChI=1S/C31H30N2O5S/c1-2-33(30(35)28-13-8-20-39-28)18-19-38-24-16-14-22(15-17-24)21-27(31(36)37)32-26-12-7-6-11-25(26)29(34)23-9-4-3-5-10-23/h3-17,20,27,32H,2,18-19,21H2,1H3,(H,36,37). The molecule has 0 aliphatic heterocycles. The molecule has 1 amide bonds. The lowest BCUT2D eigenvalue weighted by Gasteiger charge is -2.20. The summed E-state index contributed by atoms with van der Waals surface area (Å²) in [5, 5.41) is 14.8. The summed E-state index contributed by atoms with van der Waals surface area (Å²) in [5.41, 5.74) is 2.22. The molecule has 0 bridgehead atoms. The van der Waals surface area contributed by atoms with Crippen LogP contribution in [0.25, 0.3) is 0 Å². The summed E-state index contributed by atoms with van der Waals surface area (Å²) in [6.45, 7) is 3.32. The van der Waals surface area contributed by atoms with E-state index < -0.39 is 12.0 Å². The number of aliphatic carboxylic acids is 1. The van der Waals surface area contributed by atoms with Crippen LogP contribution in [-0.4, -0.2) is 53.4 Å². The highest BCUT2D eigenvalue weighted by Crippen LogP contribution is 2.22. The molecule has 0 spiro atoms. The lowest BCUT2D eigenvalue weighted by molar-refractivity contribution is -0.137.